The van der Waals surface area contributed by atoms with Crippen LogP contribution >= 0.6 is 0 Å². The minimum Gasteiger partial charge on any atom is -0.507 e. The summed E-state index contributed by atoms with van der Waals surface area (Å²) in [5, 5.41) is 10.0. The first-order chi connectivity index (χ1) is 15.3. The topological polar surface area (TPSA) is 91.0 Å². The zero-order chi connectivity index (χ0) is 23.3. The van der Waals surface area contributed by atoms with Crippen molar-refractivity contribution in [1.29, 1.82) is 0 Å². The number of methoxy groups -OCH3 is 1. The van der Waals surface area contributed by atoms with Gasteiger partial charge in [0.15, 0.2) is 17.3 Å². The molecule has 0 spiro atoms. The number of halogens is 2. The normalized spacial score (nSPS) is 11.1. The monoisotopic (exact) mass is 447 g/mol. The van der Waals surface area contributed by atoms with Crippen LogP contribution in [0.3, 0.4) is 0 Å². The molecule has 0 unspecified atom stereocenters. The van der Waals surface area contributed by atoms with Gasteiger partial charge in [0.05, 0.1) is 18.9 Å². The lowest BCUT2D eigenvalue weighted by Crippen LogP contribution is -2.09. The van der Waals surface area contributed by atoms with E-state index in [9.17, 15) is 18.7 Å². The quantitative estimate of drug-likeness (QED) is 0.424. The zero-order valence-corrected chi connectivity index (χ0v) is 17.8. The summed E-state index contributed by atoms with van der Waals surface area (Å²) >= 11 is 0. The van der Waals surface area contributed by atoms with Crippen LogP contribution < -0.4 is 14.2 Å². The molecule has 1 aromatic heterocycles. The second kappa shape index (κ2) is 10.1. The maximum atomic E-state index is 12.7. The van der Waals surface area contributed by atoms with E-state index < -0.39 is 6.61 Å². The number of benzene rings is 2. The van der Waals surface area contributed by atoms with Gasteiger partial charge >= 0.3 is 6.61 Å². The largest absolute Gasteiger partial charge is 0.507 e. The van der Waals surface area contributed by atoms with E-state index in [-0.39, 0.29) is 53.4 Å². The third-order valence-corrected chi connectivity index (χ3v) is 4.43. The van der Waals surface area contributed by atoms with Gasteiger partial charge in [0.25, 0.3) is 0 Å². The van der Waals surface area contributed by atoms with Crippen molar-refractivity contribution in [2.45, 2.75) is 39.4 Å². The van der Waals surface area contributed by atoms with Crippen LogP contribution in [0.2, 0.25) is 0 Å². The number of rotatable bonds is 10. The predicted octanol–water partition coefficient (Wildman–Crippen LogP) is 5.26. The average Bonchev–Trinajstić information content (AvgIpc) is 3.21. The van der Waals surface area contributed by atoms with E-state index in [4.69, 9.17) is 13.9 Å². The van der Waals surface area contributed by atoms with Crippen molar-refractivity contribution in [2.24, 2.45) is 0 Å². The van der Waals surface area contributed by atoms with Crippen molar-refractivity contribution in [3.8, 4) is 34.5 Å². The van der Waals surface area contributed by atoms with Gasteiger partial charge in [-0.1, -0.05) is 6.07 Å². The molecule has 1 heterocycles. The minimum absolute atomic E-state index is 0.0722. The third-order valence-electron chi connectivity index (χ3n) is 4.43. The Balaban J connectivity index is 1.75. The maximum Gasteiger partial charge on any atom is 0.387 e. The molecule has 0 aliphatic carbocycles. The van der Waals surface area contributed by atoms with Gasteiger partial charge in [0.1, 0.15) is 23.3 Å². The van der Waals surface area contributed by atoms with Gasteiger partial charge in [-0.05, 0) is 44.2 Å². The Morgan fingerprint density at radius 3 is 2.59 bits per heavy atom. The summed E-state index contributed by atoms with van der Waals surface area (Å²) in [6.07, 6.45) is 1.49. The summed E-state index contributed by atoms with van der Waals surface area (Å²) in [4.78, 5) is 16.9. The number of carbonyl (C=O) groups is 1. The van der Waals surface area contributed by atoms with Crippen LogP contribution in [0, 0.1) is 0 Å². The van der Waals surface area contributed by atoms with Crippen molar-refractivity contribution in [3.05, 3.63) is 53.9 Å². The number of ketones is 1. The Kier molecular flexibility index (Phi) is 7.29. The first-order valence-electron chi connectivity index (χ1n) is 9.88. The number of hydrogen-bond acceptors (Lipinski definition) is 7. The summed E-state index contributed by atoms with van der Waals surface area (Å²) in [6.45, 7) is 0.543. The number of carbonyl (C=O) groups excluding carboxylic acids is 1. The lowest BCUT2D eigenvalue weighted by molar-refractivity contribution is -0.0518. The second-order valence-electron chi connectivity index (χ2n) is 7.13. The number of aromatic nitrogens is 1. The highest BCUT2D eigenvalue weighted by Gasteiger charge is 2.19. The maximum absolute atomic E-state index is 12.7. The number of ether oxygens (including phenoxy) is 3. The molecular weight excluding hydrogens is 424 g/mol. The summed E-state index contributed by atoms with van der Waals surface area (Å²) in [7, 11) is 1.42. The Morgan fingerprint density at radius 1 is 1.12 bits per heavy atom. The lowest BCUT2D eigenvalue weighted by Gasteiger charge is -2.15. The molecule has 0 fully saturated rings. The van der Waals surface area contributed by atoms with Crippen LogP contribution in [0.1, 0.15) is 36.3 Å². The molecule has 0 aliphatic rings. The number of aromatic hydroxyl groups is 1. The number of nitrogens with zero attached hydrogens (tertiary/aromatic N) is 1. The van der Waals surface area contributed by atoms with E-state index in [2.05, 4.69) is 9.72 Å². The highest BCUT2D eigenvalue weighted by atomic mass is 19.3. The highest BCUT2D eigenvalue weighted by Crippen LogP contribution is 2.34. The molecule has 1 N–H and O–H groups in total. The van der Waals surface area contributed by atoms with Crippen LogP contribution in [0.4, 0.5) is 8.78 Å². The molecular formula is C23H23F2NO6. The van der Waals surface area contributed by atoms with E-state index in [1.165, 1.54) is 37.6 Å². The van der Waals surface area contributed by atoms with E-state index >= 15 is 0 Å². The second-order valence-corrected chi connectivity index (χ2v) is 7.13. The zero-order valence-electron chi connectivity index (χ0n) is 17.8. The molecule has 170 valence electrons. The molecule has 0 atom stereocenters. The van der Waals surface area contributed by atoms with Crippen molar-refractivity contribution < 1.29 is 37.3 Å². The molecule has 0 bridgehead atoms. The molecule has 7 nitrogen and oxygen atoms in total. The van der Waals surface area contributed by atoms with Gasteiger partial charge in [-0.3, -0.25) is 4.79 Å². The highest BCUT2D eigenvalue weighted by molar-refractivity contribution is 6.01. The lowest BCUT2D eigenvalue weighted by atomic mass is 10.0. The first kappa shape index (κ1) is 23.1. The standard InChI is InChI=1S/C23H23F2NO6/c1-13(2)31-20-11-14(7-10-18(20)32-23(24)25)22-26-15(12-30-22)8-9-17(28)21-16(27)5-4-6-19(21)29-3/h4-7,10-13,23,27H,8-9H2,1-3H3. The van der Waals surface area contributed by atoms with Crippen LogP contribution in [0.5, 0.6) is 23.0 Å². The van der Waals surface area contributed by atoms with Crippen molar-refractivity contribution in [3.63, 3.8) is 0 Å². The third kappa shape index (κ3) is 5.54. The summed E-state index contributed by atoms with van der Waals surface area (Å²) in [5.74, 6) is 0.125. The van der Waals surface area contributed by atoms with Gasteiger partial charge in [0.2, 0.25) is 5.89 Å². The molecule has 3 aromatic rings. The Labute approximate surface area is 183 Å². The van der Waals surface area contributed by atoms with E-state index in [1.54, 1.807) is 26.0 Å². The Bertz CT molecular complexity index is 1080. The summed E-state index contributed by atoms with van der Waals surface area (Å²) < 4.78 is 46.0. The van der Waals surface area contributed by atoms with Gasteiger partial charge in [-0.25, -0.2) is 4.98 Å². The fraction of sp³-hybridized carbons (Fsp3) is 0.304. The van der Waals surface area contributed by atoms with Gasteiger partial charge in [-0.15, -0.1) is 0 Å². The van der Waals surface area contributed by atoms with Crippen molar-refractivity contribution >= 4 is 5.78 Å². The fourth-order valence-electron chi connectivity index (χ4n) is 3.07. The predicted molar refractivity (Wildman–Crippen MR) is 112 cm³/mol. The molecule has 0 saturated heterocycles. The van der Waals surface area contributed by atoms with Gasteiger partial charge in [-0.2, -0.15) is 8.78 Å². The van der Waals surface area contributed by atoms with Gasteiger partial charge < -0.3 is 23.7 Å². The molecule has 0 radical (unpaired) electrons. The number of phenols is 1. The molecule has 3 rings (SSSR count). The summed E-state index contributed by atoms with van der Waals surface area (Å²) in [6, 6.07) is 8.99. The fourth-order valence-corrected chi connectivity index (χ4v) is 3.07. The van der Waals surface area contributed by atoms with Crippen molar-refractivity contribution in [2.75, 3.05) is 7.11 Å². The number of hydrogen-bond donors (Lipinski definition) is 1. The number of aryl methyl sites for hydroxylation is 1. The first-order valence-corrected chi connectivity index (χ1v) is 9.88. The van der Waals surface area contributed by atoms with Gasteiger partial charge in [0, 0.05) is 18.4 Å². The van der Waals surface area contributed by atoms with Crippen molar-refractivity contribution in [1.82, 2.24) is 4.98 Å². The van der Waals surface area contributed by atoms with Crippen LogP contribution in [-0.4, -0.2) is 35.7 Å². The number of phenolic OH excluding ortho intramolecular Hbond substituents is 1. The number of alkyl halides is 2. The molecule has 2 aromatic carbocycles. The number of Topliss-reactive ketones (excluding diaryl/α,β-unsaturated/α-hetero) is 1. The molecule has 32 heavy (non-hydrogen) atoms. The average molecular weight is 447 g/mol. The Morgan fingerprint density at radius 2 is 1.91 bits per heavy atom. The summed E-state index contributed by atoms with van der Waals surface area (Å²) in [5.41, 5.74) is 1.13. The van der Waals surface area contributed by atoms with E-state index in [0.29, 0.717) is 17.0 Å². The van der Waals surface area contributed by atoms with Crippen LogP contribution in [0.15, 0.2) is 47.1 Å². The van der Waals surface area contributed by atoms with E-state index in [1.807, 2.05) is 0 Å². The smallest absolute Gasteiger partial charge is 0.387 e. The number of oxazole rings is 1. The van der Waals surface area contributed by atoms with Crippen LogP contribution in [-0.2, 0) is 6.42 Å². The molecule has 9 heteroatoms. The molecule has 0 amide bonds. The van der Waals surface area contributed by atoms with E-state index in [0.717, 1.165) is 0 Å². The molecule has 0 saturated carbocycles. The molecule has 0 aliphatic heterocycles. The Hall–Kier alpha value is -3.62. The van der Waals surface area contributed by atoms with Crippen LogP contribution in [0.25, 0.3) is 11.5 Å². The SMILES string of the molecule is COc1cccc(O)c1C(=O)CCc1coc(-c2ccc(OC(F)F)c(OC(C)C)c2)n1. The minimum atomic E-state index is -2.98.